The van der Waals surface area contributed by atoms with E-state index in [-0.39, 0.29) is 5.41 Å². The maximum Gasteiger partial charge on any atom is 0.139 e. The summed E-state index contributed by atoms with van der Waals surface area (Å²) in [6.07, 6.45) is 2.10. The highest BCUT2D eigenvalue weighted by Crippen LogP contribution is 2.58. The number of furan rings is 1. The van der Waals surface area contributed by atoms with E-state index in [4.69, 9.17) is 9.15 Å². The van der Waals surface area contributed by atoms with Gasteiger partial charge < -0.3 is 9.15 Å². The Labute approximate surface area is 153 Å². The first kappa shape index (κ1) is 15.5. The molecule has 1 aliphatic carbocycles. The van der Waals surface area contributed by atoms with Crippen LogP contribution in [0.1, 0.15) is 37.8 Å². The highest BCUT2D eigenvalue weighted by Gasteiger charge is 2.44. The summed E-state index contributed by atoms with van der Waals surface area (Å²) in [4.78, 5) is 0. The third-order valence-corrected chi connectivity index (χ3v) is 6.25. The van der Waals surface area contributed by atoms with Crippen LogP contribution in [0.25, 0.3) is 33.1 Å². The van der Waals surface area contributed by atoms with Gasteiger partial charge in [0.2, 0.25) is 0 Å². The van der Waals surface area contributed by atoms with Crippen molar-refractivity contribution in [3.63, 3.8) is 0 Å². The Morgan fingerprint density at radius 3 is 2.42 bits per heavy atom. The van der Waals surface area contributed by atoms with Crippen molar-refractivity contribution >= 4 is 21.9 Å². The number of ether oxygens (including phenoxy) is 1. The normalized spacial score (nSPS) is 14.6. The first-order valence-electron chi connectivity index (χ1n) is 9.37. The molecule has 1 aromatic heterocycles. The number of rotatable bonds is 3. The number of hydrogen-bond donors (Lipinski definition) is 0. The van der Waals surface area contributed by atoms with Crippen LogP contribution in [0.4, 0.5) is 0 Å². The summed E-state index contributed by atoms with van der Waals surface area (Å²) in [6.45, 7) is 4.59. The van der Waals surface area contributed by atoms with Crippen LogP contribution in [0.5, 0.6) is 5.75 Å². The maximum absolute atomic E-state index is 6.22. The molecule has 0 aliphatic heterocycles. The van der Waals surface area contributed by atoms with Gasteiger partial charge in [0.15, 0.2) is 0 Å². The van der Waals surface area contributed by atoms with Crippen molar-refractivity contribution in [1.29, 1.82) is 0 Å². The topological polar surface area (TPSA) is 22.4 Å². The van der Waals surface area contributed by atoms with E-state index in [9.17, 15) is 0 Å². The lowest BCUT2D eigenvalue weighted by atomic mass is 9.72. The molecule has 26 heavy (non-hydrogen) atoms. The molecular weight excluding hydrogens is 320 g/mol. The minimum Gasteiger partial charge on any atom is -0.496 e. The Hall–Kier alpha value is -2.74. The van der Waals surface area contributed by atoms with E-state index in [1.807, 2.05) is 6.07 Å². The van der Waals surface area contributed by atoms with Gasteiger partial charge in [-0.1, -0.05) is 56.3 Å². The van der Waals surface area contributed by atoms with Crippen molar-refractivity contribution in [3.8, 4) is 16.9 Å². The summed E-state index contributed by atoms with van der Waals surface area (Å²) in [7, 11) is 1.75. The molecule has 0 N–H and O–H groups in total. The molecule has 0 amide bonds. The van der Waals surface area contributed by atoms with Gasteiger partial charge in [0.05, 0.1) is 7.11 Å². The zero-order valence-electron chi connectivity index (χ0n) is 15.4. The number of hydrogen-bond acceptors (Lipinski definition) is 2. The van der Waals surface area contributed by atoms with E-state index < -0.39 is 0 Å². The van der Waals surface area contributed by atoms with E-state index in [0.717, 1.165) is 29.8 Å². The van der Waals surface area contributed by atoms with Gasteiger partial charge in [0.1, 0.15) is 16.9 Å². The Kier molecular flexibility index (Phi) is 3.21. The smallest absolute Gasteiger partial charge is 0.139 e. The number of fused-ring (bicyclic) bond motifs is 7. The monoisotopic (exact) mass is 342 g/mol. The summed E-state index contributed by atoms with van der Waals surface area (Å²) >= 11 is 0. The summed E-state index contributed by atoms with van der Waals surface area (Å²) in [5.41, 5.74) is 7.18. The minimum absolute atomic E-state index is 0.00857. The van der Waals surface area contributed by atoms with Crippen LogP contribution in [0.2, 0.25) is 0 Å². The zero-order chi connectivity index (χ0) is 17.9. The quantitative estimate of drug-likeness (QED) is 0.414. The SMILES string of the molecule is CCC1(CC)c2ccccc2-c2c(OC)cc3oc4ccccc4c3c21. The third kappa shape index (κ3) is 1.72. The summed E-state index contributed by atoms with van der Waals surface area (Å²) in [6, 6.07) is 19.2. The number of methoxy groups -OCH3 is 1. The molecule has 0 atom stereocenters. The second-order valence-electron chi connectivity index (χ2n) is 7.13. The van der Waals surface area contributed by atoms with Crippen LogP contribution in [-0.4, -0.2) is 7.11 Å². The van der Waals surface area contributed by atoms with Crippen molar-refractivity contribution in [2.45, 2.75) is 32.1 Å². The molecular formula is C24H22O2. The van der Waals surface area contributed by atoms with E-state index in [1.165, 1.54) is 33.0 Å². The molecule has 4 aromatic rings. The molecule has 130 valence electrons. The highest BCUT2D eigenvalue weighted by atomic mass is 16.5. The average molecular weight is 342 g/mol. The molecule has 1 heterocycles. The molecule has 0 saturated heterocycles. The van der Waals surface area contributed by atoms with Gasteiger partial charge >= 0.3 is 0 Å². The largest absolute Gasteiger partial charge is 0.496 e. The van der Waals surface area contributed by atoms with Crippen LogP contribution in [0.3, 0.4) is 0 Å². The number of benzene rings is 3. The fourth-order valence-electron chi connectivity index (χ4n) is 5.01. The molecule has 0 unspecified atom stereocenters. The fraction of sp³-hybridized carbons (Fsp3) is 0.250. The molecule has 5 rings (SSSR count). The van der Waals surface area contributed by atoms with Gasteiger partial charge in [0, 0.05) is 27.8 Å². The Morgan fingerprint density at radius 2 is 1.65 bits per heavy atom. The third-order valence-electron chi connectivity index (χ3n) is 6.25. The second-order valence-corrected chi connectivity index (χ2v) is 7.13. The van der Waals surface area contributed by atoms with Crippen molar-refractivity contribution in [3.05, 3.63) is 65.7 Å². The van der Waals surface area contributed by atoms with Gasteiger partial charge in [-0.05, 0) is 35.6 Å². The Balaban J connectivity index is 2.06. The van der Waals surface area contributed by atoms with Gasteiger partial charge in [0.25, 0.3) is 0 Å². The molecule has 0 spiro atoms. The lowest BCUT2D eigenvalue weighted by Crippen LogP contribution is -2.23. The molecule has 0 saturated carbocycles. The van der Waals surface area contributed by atoms with Crippen LogP contribution in [-0.2, 0) is 5.41 Å². The first-order chi connectivity index (χ1) is 12.7. The maximum atomic E-state index is 6.22. The highest BCUT2D eigenvalue weighted by molar-refractivity contribution is 6.12. The molecule has 2 nitrogen and oxygen atoms in total. The van der Waals surface area contributed by atoms with Crippen LogP contribution >= 0.6 is 0 Å². The summed E-state index contributed by atoms with van der Waals surface area (Å²) < 4.78 is 12.1. The van der Waals surface area contributed by atoms with Gasteiger partial charge in [-0.15, -0.1) is 0 Å². The van der Waals surface area contributed by atoms with Gasteiger partial charge in [-0.25, -0.2) is 0 Å². The van der Waals surface area contributed by atoms with E-state index in [2.05, 4.69) is 62.4 Å². The zero-order valence-corrected chi connectivity index (χ0v) is 15.4. The Bertz CT molecular complexity index is 1150. The fourth-order valence-corrected chi connectivity index (χ4v) is 5.01. The lowest BCUT2D eigenvalue weighted by Gasteiger charge is -2.30. The van der Waals surface area contributed by atoms with E-state index in [1.54, 1.807) is 7.11 Å². The molecule has 0 bridgehead atoms. The second kappa shape index (κ2) is 5.38. The van der Waals surface area contributed by atoms with Crippen LogP contribution < -0.4 is 4.74 Å². The standard InChI is InChI=1S/C24H22O2/c1-4-24(5-2)17-12-8-6-10-15(17)21-19(25-3)14-20-22(23(21)24)16-11-7-9-13-18(16)26-20/h6-14H,4-5H2,1-3H3. The predicted octanol–water partition coefficient (Wildman–Crippen LogP) is 6.68. The van der Waals surface area contributed by atoms with E-state index in [0.29, 0.717) is 0 Å². The van der Waals surface area contributed by atoms with Crippen molar-refractivity contribution < 1.29 is 9.15 Å². The Morgan fingerprint density at radius 1 is 0.923 bits per heavy atom. The predicted molar refractivity (Wildman–Crippen MR) is 107 cm³/mol. The molecule has 2 heteroatoms. The minimum atomic E-state index is -0.00857. The van der Waals surface area contributed by atoms with Crippen molar-refractivity contribution in [2.75, 3.05) is 7.11 Å². The van der Waals surface area contributed by atoms with Crippen LogP contribution in [0.15, 0.2) is 59.0 Å². The van der Waals surface area contributed by atoms with E-state index >= 15 is 0 Å². The summed E-state index contributed by atoms with van der Waals surface area (Å²) in [5.74, 6) is 0.905. The van der Waals surface area contributed by atoms with Crippen LogP contribution in [0, 0.1) is 0 Å². The first-order valence-corrected chi connectivity index (χ1v) is 9.37. The van der Waals surface area contributed by atoms with Gasteiger partial charge in [-0.3, -0.25) is 0 Å². The molecule has 3 aromatic carbocycles. The van der Waals surface area contributed by atoms with Crippen molar-refractivity contribution in [1.82, 2.24) is 0 Å². The molecule has 0 fully saturated rings. The van der Waals surface area contributed by atoms with Crippen molar-refractivity contribution in [2.24, 2.45) is 0 Å². The molecule has 0 radical (unpaired) electrons. The number of para-hydroxylation sites is 1. The molecule has 1 aliphatic rings. The average Bonchev–Trinajstić information content (AvgIpc) is 3.20. The summed E-state index contributed by atoms with van der Waals surface area (Å²) in [5, 5.41) is 2.44. The van der Waals surface area contributed by atoms with Gasteiger partial charge in [-0.2, -0.15) is 0 Å². The lowest BCUT2D eigenvalue weighted by molar-refractivity contribution is 0.415.